The number of carbonyl (C=O) groups is 2. The molecule has 0 aromatic heterocycles. The number of hydrogen-bond donors (Lipinski definition) is 3. The van der Waals surface area contributed by atoms with Gasteiger partial charge < -0.3 is 24.4 Å². The summed E-state index contributed by atoms with van der Waals surface area (Å²) < 4.78 is 17.5. The Morgan fingerprint density at radius 2 is 1.68 bits per heavy atom. The van der Waals surface area contributed by atoms with Crippen molar-refractivity contribution in [3.8, 4) is 17.6 Å². The Labute approximate surface area is 220 Å². The second kappa shape index (κ2) is 14.7. The van der Waals surface area contributed by atoms with Crippen LogP contribution in [0, 0.1) is 11.3 Å². The van der Waals surface area contributed by atoms with E-state index in [1.54, 1.807) is 60.7 Å². The molecule has 0 aliphatic carbocycles. The number of aliphatic carboxylic acids is 1. The molecule has 38 heavy (non-hydrogen) atoms. The first-order valence-corrected chi connectivity index (χ1v) is 11.9. The van der Waals surface area contributed by atoms with E-state index in [-0.39, 0.29) is 13.2 Å². The van der Waals surface area contributed by atoms with E-state index in [9.17, 15) is 9.59 Å². The topological polar surface area (TPSA) is 138 Å². The summed E-state index contributed by atoms with van der Waals surface area (Å²) in [5.74, 6) is 0.0378. The Balaban J connectivity index is 1.88. The summed E-state index contributed by atoms with van der Waals surface area (Å²) in [6, 6.07) is 24.3. The third kappa shape index (κ3) is 9.00. The van der Waals surface area contributed by atoms with Crippen LogP contribution in [0.15, 0.2) is 91.0 Å². The van der Waals surface area contributed by atoms with Crippen molar-refractivity contribution in [2.45, 2.75) is 25.0 Å². The van der Waals surface area contributed by atoms with Gasteiger partial charge in [0.1, 0.15) is 24.2 Å². The number of carboxylic acids is 1. The van der Waals surface area contributed by atoms with Crippen LogP contribution in [-0.4, -0.2) is 41.6 Å². The van der Waals surface area contributed by atoms with E-state index < -0.39 is 24.3 Å². The summed E-state index contributed by atoms with van der Waals surface area (Å²) in [7, 11) is 0. The highest BCUT2D eigenvalue weighted by Gasteiger charge is 2.29. The summed E-state index contributed by atoms with van der Waals surface area (Å²) in [6.07, 6.45) is 0.993. The molecular weight excluding hydrogens is 488 g/mol. The highest BCUT2D eigenvalue weighted by Crippen LogP contribution is 2.30. The number of aliphatic hydroxyl groups is 1. The van der Waals surface area contributed by atoms with Crippen LogP contribution in [0.4, 0.5) is 10.5 Å². The third-order valence-corrected chi connectivity index (χ3v) is 5.31. The monoisotopic (exact) mass is 516 g/mol. The molecule has 0 fully saturated rings. The Bertz CT molecular complexity index is 1240. The van der Waals surface area contributed by atoms with Gasteiger partial charge in [0, 0.05) is 11.8 Å². The highest BCUT2D eigenvalue weighted by molar-refractivity contribution is 5.84. The summed E-state index contributed by atoms with van der Waals surface area (Å²) >= 11 is 0. The lowest BCUT2D eigenvalue weighted by Gasteiger charge is -2.28. The van der Waals surface area contributed by atoms with Crippen LogP contribution in [0.1, 0.15) is 30.1 Å². The first-order valence-electron chi connectivity index (χ1n) is 11.9. The summed E-state index contributed by atoms with van der Waals surface area (Å²) in [5.41, 5.74) is 1.53. The molecule has 3 rings (SSSR count). The minimum atomic E-state index is -1.06. The zero-order valence-electron chi connectivity index (χ0n) is 20.5. The number of allylic oxidation sites excluding steroid dienone is 1. The molecule has 0 aliphatic heterocycles. The average Bonchev–Trinajstić information content (AvgIpc) is 2.93. The van der Waals surface area contributed by atoms with Gasteiger partial charge in [-0.25, -0.2) is 9.59 Å². The van der Waals surface area contributed by atoms with E-state index in [0.717, 1.165) is 6.08 Å². The van der Waals surface area contributed by atoms with Gasteiger partial charge in [-0.15, -0.1) is 0 Å². The van der Waals surface area contributed by atoms with Gasteiger partial charge >= 0.3 is 12.1 Å². The number of anilines is 1. The standard InChI is InChI=1S/C29H28N2O7/c30-20-21-10-14-23(15-11-21)31-29(35)38-28(22-12-16-24(17-13-22)36-19-18-32)26(8-4-5-9-27(33)34)37-25-6-2-1-3-7-25/h1-3,5-7,9-17,26,28,32H,4,8,18-19H2,(H,31,35)(H,33,34)/b9-5+/t26-,28-/m1/s1. The zero-order valence-corrected chi connectivity index (χ0v) is 20.5. The molecule has 3 N–H and O–H groups in total. The van der Waals surface area contributed by atoms with Gasteiger partial charge in [-0.05, 0) is 66.9 Å². The number of carboxylic acid groups (broad SMARTS) is 1. The molecule has 2 atom stereocenters. The van der Waals surface area contributed by atoms with Gasteiger partial charge in [0.15, 0.2) is 6.10 Å². The fourth-order valence-corrected chi connectivity index (χ4v) is 3.56. The molecule has 1 amide bonds. The van der Waals surface area contributed by atoms with E-state index in [0.29, 0.717) is 41.2 Å². The lowest BCUT2D eigenvalue weighted by molar-refractivity contribution is -0.131. The number of benzene rings is 3. The van der Waals surface area contributed by atoms with Crippen LogP contribution in [0.25, 0.3) is 0 Å². The number of hydrogen-bond acceptors (Lipinski definition) is 7. The quantitative estimate of drug-likeness (QED) is 0.267. The fraction of sp³-hybridized carbons (Fsp3) is 0.207. The molecule has 9 nitrogen and oxygen atoms in total. The molecule has 0 bridgehead atoms. The maximum Gasteiger partial charge on any atom is 0.412 e. The highest BCUT2D eigenvalue weighted by atomic mass is 16.6. The number of rotatable bonds is 13. The van der Waals surface area contributed by atoms with Crippen molar-refractivity contribution in [1.29, 1.82) is 5.26 Å². The third-order valence-electron chi connectivity index (χ3n) is 5.31. The van der Waals surface area contributed by atoms with Crippen LogP contribution in [0.2, 0.25) is 0 Å². The van der Waals surface area contributed by atoms with Crippen molar-refractivity contribution in [3.63, 3.8) is 0 Å². The average molecular weight is 517 g/mol. The van der Waals surface area contributed by atoms with E-state index in [4.69, 9.17) is 29.7 Å². The van der Waals surface area contributed by atoms with Crippen LogP contribution in [-0.2, 0) is 9.53 Å². The molecule has 0 aliphatic rings. The van der Waals surface area contributed by atoms with E-state index >= 15 is 0 Å². The van der Waals surface area contributed by atoms with Gasteiger partial charge in [-0.1, -0.05) is 36.4 Å². The summed E-state index contributed by atoms with van der Waals surface area (Å²) in [5, 5.41) is 29.6. The van der Waals surface area contributed by atoms with Crippen molar-refractivity contribution in [3.05, 3.63) is 102 Å². The summed E-state index contributed by atoms with van der Waals surface area (Å²) in [6.45, 7) is 0.0157. The molecular formula is C29H28N2O7. The second-order valence-corrected chi connectivity index (χ2v) is 8.07. The molecule has 0 saturated carbocycles. The molecule has 196 valence electrons. The lowest BCUT2D eigenvalue weighted by Crippen LogP contribution is -2.31. The van der Waals surface area contributed by atoms with Crippen LogP contribution >= 0.6 is 0 Å². The molecule has 3 aromatic carbocycles. The van der Waals surface area contributed by atoms with E-state index in [1.165, 1.54) is 6.08 Å². The van der Waals surface area contributed by atoms with Crippen molar-refractivity contribution in [2.24, 2.45) is 0 Å². The molecule has 0 spiro atoms. The molecule has 0 saturated heterocycles. The first kappa shape index (κ1) is 27.8. The van der Waals surface area contributed by atoms with E-state index in [1.807, 2.05) is 24.3 Å². The van der Waals surface area contributed by atoms with Gasteiger partial charge in [-0.2, -0.15) is 5.26 Å². The summed E-state index contributed by atoms with van der Waals surface area (Å²) in [4.78, 5) is 23.9. The number of para-hydroxylation sites is 1. The molecule has 9 heteroatoms. The minimum absolute atomic E-state index is 0.125. The Morgan fingerprint density at radius 1 is 0.974 bits per heavy atom. The molecule has 3 aromatic rings. The van der Waals surface area contributed by atoms with Gasteiger partial charge in [-0.3, -0.25) is 5.32 Å². The van der Waals surface area contributed by atoms with Crippen LogP contribution in [0.5, 0.6) is 11.5 Å². The van der Waals surface area contributed by atoms with Crippen molar-refractivity contribution in [2.75, 3.05) is 18.5 Å². The lowest BCUT2D eigenvalue weighted by atomic mass is 10.00. The van der Waals surface area contributed by atoms with Crippen LogP contribution in [0.3, 0.4) is 0 Å². The second-order valence-electron chi connectivity index (χ2n) is 8.07. The number of aliphatic hydroxyl groups excluding tert-OH is 1. The number of nitriles is 1. The zero-order chi connectivity index (χ0) is 27.2. The Kier molecular flexibility index (Phi) is 10.7. The predicted molar refractivity (Wildman–Crippen MR) is 140 cm³/mol. The molecule has 0 radical (unpaired) electrons. The normalized spacial score (nSPS) is 12.2. The van der Waals surface area contributed by atoms with E-state index in [2.05, 4.69) is 5.32 Å². The van der Waals surface area contributed by atoms with Crippen molar-refractivity contribution >= 4 is 17.7 Å². The maximum absolute atomic E-state index is 12.9. The van der Waals surface area contributed by atoms with Crippen molar-refractivity contribution in [1.82, 2.24) is 0 Å². The van der Waals surface area contributed by atoms with Crippen LogP contribution < -0.4 is 14.8 Å². The number of amides is 1. The number of nitrogens with zero attached hydrogens (tertiary/aromatic N) is 1. The largest absolute Gasteiger partial charge is 0.491 e. The fourth-order valence-electron chi connectivity index (χ4n) is 3.56. The molecule has 0 heterocycles. The SMILES string of the molecule is N#Cc1ccc(NC(=O)O[C@H](c2ccc(OCCO)cc2)[C@@H](CC/C=C/C(=O)O)Oc2ccccc2)cc1. The van der Waals surface area contributed by atoms with Gasteiger partial charge in [0.25, 0.3) is 0 Å². The molecule has 0 unspecified atom stereocenters. The van der Waals surface area contributed by atoms with Gasteiger partial charge in [0.05, 0.1) is 18.2 Å². The number of nitrogens with one attached hydrogen (secondary N) is 1. The first-order chi connectivity index (χ1) is 18.5. The maximum atomic E-state index is 12.9. The van der Waals surface area contributed by atoms with Crippen molar-refractivity contribution < 1.29 is 34.0 Å². The number of ether oxygens (including phenoxy) is 3. The van der Waals surface area contributed by atoms with Gasteiger partial charge in [0.2, 0.25) is 0 Å². The predicted octanol–water partition coefficient (Wildman–Crippen LogP) is 5.09. The number of carbonyl (C=O) groups excluding carboxylic acids is 1. The Hall–Kier alpha value is -4.81. The Morgan fingerprint density at radius 3 is 2.32 bits per heavy atom. The minimum Gasteiger partial charge on any atom is -0.491 e. The smallest absolute Gasteiger partial charge is 0.412 e.